The van der Waals surface area contributed by atoms with E-state index in [0.29, 0.717) is 0 Å². The Morgan fingerprint density at radius 3 is 2.07 bits per heavy atom. The van der Waals surface area contributed by atoms with Crippen LogP contribution in [0.15, 0.2) is 11.5 Å². The van der Waals surface area contributed by atoms with Crippen LogP contribution in [0.1, 0.15) is 0 Å². The van der Waals surface area contributed by atoms with Gasteiger partial charge in [0.1, 0.15) is 6.10 Å². The number of hydrogen-bond acceptors (Lipinski definition) is 6. The molecule has 1 rings (SSSR count). The quantitative estimate of drug-likeness (QED) is 0.286. The number of hydrogen-bond donors (Lipinski definition) is 4. The number of aliphatic hydroxyl groups is 4. The fourth-order valence-electron chi connectivity index (χ4n) is 0.823. The fourth-order valence-corrected chi connectivity index (χ4v) is 0.823. The normalized spacial score (nSPS) is 20.7. The maximum Gasteiger partial charge on any atom is 0.377 e. The van der Waals surface area contributed by atoms with Crippen molar-refractivity contribution in [2.24, 2.45) is 0 Å². The molecule has 0 saturated heterocycles. The van der Waals surface area contributed by atoms with Gasteiger partial charge in [-0.05, 0) is 0 Å². The molecule has 15 heavy (non-hydrogen) atoms. The van der Waals surface area contributed by atoms with Crippen LogP contribution in [0.25, 0.3) is 0 Å². The second-order valence-electron chi connectivity index (χ2n) is 2.31. The van der Waals surface area contributed by atoms with Crippen molar-refractivity contribution in [1.82, 2.24) is 0 Å². The molecule has 0 unspecified atom stereocenters. The van der Waals surface area contributed by atoms with Gasteiger partial charge in [-0.25, -0.2) is 4.79 Å². The summed E-state index contributed by atoms with van der Waals surface area (Å²) >= 11 is 0. The molecule has 0 aliphatic carbocycles. The molecular weight excluding hydrogens is 223 g/mol. The van der Waals surface area contributed by atoms with E-state index in [1.165, 1.54) is 0 Å². The minimum Gasteiger partial charge on any atom is -0.505 e. The van der Waals surface area contributed by atoms with Crippen LogP contribution in [0.3, 0.4) is 0 Å². The summed E-state index contributed by atoms with van der Waals surface area (Å²) in [7, 11) is 0. The molecule has 2 atom stereocenters. The molecule has 1 radical (unpaired) electrons. The number of carbonyl (C=O) groups is 1. The molecule has 8 N–H and O–H groups in total. The van der Waals surface area contributed by atoms with Crippen LogP contribution in [0.5, 0.6) is 0 Å². The zero-order valence-electron chi connectivity index (χ0n) is 7.97. The third-order valence-electron chi connectivity index (χ3n) is 1.48. The second kappa shape index (κ2) is 7.88. The maximum atomic E-state index is 10.5. The van der Waals surface area contributed by atoms with Gasteiger partial charge in [-0.2, -0.15) is 0 Å². The predicted molar refractivity (Wildman–Crippen MR) is 48.2 cm³/mol. The van der Waals surface area contributed by atoms with Crippen LogP contribution in [0.4, 0.5) is 0 Å². The Kier molecular flexibility index (Phi) is 10.6. The summed E-state index contributed by atoms with van der Waals surface area (Å²) in [5.41, 5.74) is 0. The van der Waals surface area contributed by atoms with Crippen LogP contribution in [0, 0.1) is 0 Å². The Labute approximate surface area is 107 Å². The molecule has 85 valence electrons. The summed E-state index contributed by atoms with van der Waals surface area (Å²) in [6, 6.07) is 0. The summed E-state index contributed by atoms with van der Waals surface area (Å²) in [4.78, 5) is 10.5. The summed E-state index contributed by atoms with van der Waals surface area (Å²) in [6.07, 6.45) is -2.78. The van der Waals surface area contributed by atoms with E-state index < -0.39 is 36.3 Å². The van der Waals surface area contributed by atoms with Crippen molar-refractivity contribution in [3.05, 3.63) is 11.5 Å². The molecule has 0 fully saturated rings. The van der Waals surface area contributed by atoms with Crippen LogP contribution >= 0.6 is 0 Å². The van der Waals surface area contributed by atoms with E-state index in [1.807, 2.05) is 0 Å². The van der Waals surface area contributed by atoms with Gasteiger partial charge in [0.2, 0.25) is 5.76 Å². The van der Waals surface area contributed by atoms with Crippen LogP contribution in [0.2, 0.25) is 0 Å². The van der Waals surface area contributed by atoms with Gasteiger partial charge in [-0.3, -0.25) is 0 Å². The number of esters is 1. The molecule has 0 spiro atoms. The minimum atomic E-state index is -1.42. The van der Waals surface area contributed by atoms with Gasteiger partial charge in [0.05, 0.1) is 6.61 Å². The van der Waals surface area contributed by atoms with E-state index in [2.05, 4.69) is 4.74 Å². The van der Waals surface area contributed by atoms with Gasteiger partial charge in [0, 0.05) is 29.6 Å². The molecule has 0 saturated carbocycles. The Morgan fingerprint density at radius 2 is 1.80 bits per heavy atom. The SMILES string of the molecule is O.O.O=C1O[C@H]([C@@H](O)CO)C(O)=C1O.[Na]. The second-order valence-corrected chi connectivity index (χ2v) is 2.31. The van der Waals surface area contributed by atoms with Gasteiger partial charge in [-0.15, -0.1) is 0 Å². The van der Waals surface area contributed by atoms with Gasteiger partial charge >= 0.3 is 5.97 Å². The van der Waals surface area contributed by atoms with Crippen LogP contribution in [-0.4, -0.2) is 85.7 Å². The smallest absolute Gasteiger partial charge is 0.377 e. The summed E-state index contributed by atoms with van der Waals surface area (Å²) < 4.78 is 4.32. The fraction of sp³-hybridized carbons (Fsp3) is 0.500. The summed E-state index contributed by atoms with van der Waals surface area (Å²) in [5.74, 6) is -2.78. The van der Waals surface area contributed by atoms with Crippen molar-refractivity contribution in [2.75, 3.05) is 6.61 Å². The molecule has 9 heteroatoms. The number of aliphatic hydroxyl groups excluding tert-OH is 4. The van der Waals surface area contributed by atoms with Crippen LogP contribution < -0.4 is 0 Å². The first-order chi connectivity index (χ1) is 5.57. The van der Waals surface area contributed by atoms with E-state index in [4.69, 9.17) is 20.4 Å². The van der Waals surface area contributed by atoms with E-state index in [0.717, 1.165) is 0 Å². The van der Waals surface area contributed by atoms with Gasteiger partial charge in [0.15, 0.2) is 11.9 Å². The van der Waals surface area contributed by atoms with Crippen LogP contribution in [-0.2, 0) is 9.53 Å². The van der Waals surface area contributed by atoms with Crippen molar-refractivity contribution in [1.29, 1.82) is 0 Å². The third kappa shape index (κ3) is 3.95. The Bertz CT molecular complexity index is 239. The van der Waals surface area contributed by atoms with Gasteiger partial charge in [-0.1, -0.05) is 0 Å². The molecule has 0 bridgehead atoms. The van der Waals surface area contributed by atoms with Crippen molar-refractivity contribution in [2.45, 2.75) is 12.2 Å². The molecule has 1 heterocycles. The van der Waals surface area contributed by atoms with E-state index >= 15 is 0 Å². The molecule has 0 aromatic rings. The standard InChI is InChI=1S/C6H8O6.Na.2H2O/c7-1-2(8)5-3(9)4(10)6(11)12-5;;;/h2,5,7-10H,1H2;;2*1H2/t2-,5+;;;/m0.../s1. The van der Waals surface area contributed by atoms with E-state index in [1.54, 1.807) is 0 Å². The molecule has 1 aliphatic rings. The monoisotopic (exact) mass is 235 g/mol. The zero-order chi connectivity index (χ0) is 9.30. The number of rotatable bonds is 2. The molecular formula is C6H12NaO8. The number of carbonyl (C=O) groups excluding carboxylic acids is 1. The predicted octanol–water partition coefficient (Wildman–Crippen LogP) is -3.44. The molecule has 0 aromatic carbocycles. The average Bonchev–Trinajstić information content (AvgIpc) is 2.32. The third-order valence-corrected chi connectivity index (χ3v) is 1.48. The van der Waals surface area contributed by atoms with Crippen molar-refractivity contribution in [3.63, 3.8) is 0 Å². The largest absolute Gasteiger partial charge is 0.505 e. The molecule has 1 aliphatic heterocycles. The van der Waals surface area contributed by atoms with Gasteiger partial charge in [0.25, 0.3) is 0 Å². The number of ether oxygens (including phenoxy) is 1. The molecule has 8 nitrogen and oxygen atoms in total. The van der Waals surface area contributed by atoms with Crippen molar-refractivity contribution in [3.8, 4) is 0 Å². The first-order valence-corrected chi connectivity index (χ1v) is 3.20. The molecule has 0 aromatic heterocycles. The Hall–Kier alpha value is -0.350. The first kappa shape index (κ1) is 20.1. The number of cyclic esters (lactones) is 1. The summed E-state index contributed by atoms with van der Waals surface area (Å²) in [5, 5.41) is 35.0. The Morgan fingerprint density at radius 1 is 1.33 bits per heavy atom. The van der Waals surface area contributed by atoms with Gasteiger partial charge < -0.3 is 36.1 Å². The first-order valence-electron chi connectivity index (χ1n) is 3.20. The van der Waals surface area contributed by atoms with Crippen molar-refractivity contribution >= 4 is 35.5 Å². The van der Waals surface area contributed by atoms with E-state index in [-0.39, 0.29) is 40.5 Å². The topological polar surface area (TPSA) is 170 Å². The average molecular weight is 235 g/mol. The summed E-state index contributed by atoms with van der Waals surface area (Å²) in [6.45, 7) is -0.671. The Balaban J connectivity index is -0.000000480. The minimum absolute atomic E-state index is 0. The van der Waals surface area contributed by atoms with Crippen molar-refractivity contribution < 1.29 is 40.9 Å². The molecule has 0 amide bonds. The maximum absolute atomic E-state index is 10.5. The zero-order valence-corrected chi connectivity index (χ0v) is 9.97. The van der Waals surface area contributed by atoms with E-state index in [9.17, 15) is 4.79 Å².